The first-order chi connectivity index (χ1) is 9.28. The summed E-state index contributed by atoms with van der Waals surface area (Å²) in [5.74, 6) is 0.575. The Morgan fingerprint density at radius 2 is 2.11 bits per heavy atom. The number of rotatable bonds is 5. The Kier molecular flexibility index (Phi) is 5.21. The molecule has 0 N–H and O–H groups in total. The summed E-state index contributed by atoms with van der Waals surface area (Å²) in [6.07, 6.45) is 3.35. The SMILES string of the molecule is CCOC(=O)Cc1ccc(O[C@@H]2CCCCO2)cc1. The van der Waals surface area contributed by atoms with Crippen LogP contribution in [0.1, 0.15) is 31.7 Å². The average Bonchev–Trinajstić information content (AvgIpc) is 2.42. The van der Waals surface area contributed by atoms with Gasteiger partial charge in [0.05, 0.1) is 19.6 Å². The van der Waals surface area contributed by atoms with Crippen LogP contribution in [0.3, 0.4) is 0 Å². The third kappa shape index (κ3) is 4.56. The fourth-order valence-corrected chi connectivity index (χ4v) is 2.02. The van der Waals surface area contributed by atoms with Crippen LogP contribution in [0.15, 0.2) is 24.3 Å². The lowest BCUT2D eigenvalue weighted by molar-refractivity contribution is -0.142. The molecule has 19 heavy (non-hydrogen) atoms. The van der Waals surface area contributed by atoms with E-state index in [0.717, 1.165) is 37.2 Å². The lowest BCUT2D eigenvalue weighted by atomic mass is 10.1. The molecule has 0 unspecified atom stereocenters. The minimum atomic E-state index is -0.202. The van der Waals surface area contributed by atoms with Gasteiger partial charge in [-0.3, -0.25) is 4.79 Å². The zero-order valence-electron chi connectivity index (χ0n) is 11.3. The van der Waals surface area contributed by atoms with Crippen molar-refractivity contribution in [2.24, 2.45) is 0 Å². The van der Waals surface area contributed by atoms with Gasteiger partial charge in [0, 0.05) is 6.42 Å². The average molecular weight is 264 g/mol. The van der Waals surface area contributed by atoms with Crippen molar-refractivity contribution in [1.82, 2.24) is 0 Å². The van der Waals surface area contributed by atoms with Crippen molar-refractivity contribution < 1.29 is 19.0 Å². The Morgan fingerprint density at radius 3 is 2.74 bits per heavy atom. The topological polar surface area (TPSA) is 44.8 Å². The third-order valence-corrected chi connectivity index (χ3v) is 2.98. The highest BCUT2D eigenvalue weighted by atomic mass is 16.7. The standard InChI is InChI=1S/C15H20O4/c1-2-17-14(16)11-12-6-8-13(9-7-12)19-15-5-3-4-10-18-15/h6-9,15H,2-5,10-11H2,1H3/t15-/m1/s1. The van der Waals surface area contributed by atoms with Crippen molar-refractivity contribution in [2.75, 3.05) is 13.2 Å². The highest BCUT2D eigenvalue weighted by Gasteiger charge is 2.15. The second-order valence-electron chi connectivity index (χ2n) is 4.54. The molecule has 1 heterocycles. The summed E-state index contributed by atoms with van der Waals surface area (Å²) in [6.45, 7) is 2.99. The minimum absolute atomic E-state index is 0.135. The van der Waals surface area contributed by atoms with Crippen molar-refractivity contribution in [3.63, 3.8) is 0 Å². The summed E-state index contributed by atoms with van der Waals surface area (Å²) in [5.41, 5.74) is 0.926. The van der Waals surface area contributed by atoms with Gasteiger partial charge in [0.15, 0.2) is 6.29 Å². The number of benzene rings is 1. The Bertz CT molecular complexity index is 393. The van der Waals surface area contributed by atoms with Crippen molar-refractivity contribution in [2.45, 2.75) is 38.9 Å². The Morgan fingerprint density at radius 1 is 1.32 bits per heavy atom. The summed E-state index contributed by atoms with van der Waals surface area (Å²) >= 11 is 0. The zero-order valence-corrected chi connectivity index (χ0v) is 11.3. The van der Waals surface area contributed by atoms with Crippen molar-refractivity contribution in [1.29, 1.82) is 0 Å². The fraction of sp³-hybridized carbons (Fsp3) is 0.533. The molecule has 1 aliphatic rings. The van der Waals surface area contributed by atoms with Crippen LogP contribution in [0.25, 0.3) is 0 Å². The van der Waals surface area contributed by atoms with Gasteiger partial charge < -0.3 is 14.2 Å². The van der Waals surface area contributed by atoms with E-state index >= 15 is 0 Å². The Balaban J connectivity index is 1.85. The lowest BCUT2D eigenvalue weighted by Gasteiger charge is -2.23. The molecule has 1 atom stereocenters. The molecule has 0 saturated carbocycles. The van der Waals surface area contributed by atoms with Crippen LogP contribution in [0, 0.1) is 0 Å². The van der Waals surface area contributed by atoms with Crippen LogP contribution in [-0.2, 0) is 20.7 Å². The predicted molar refractivity (Wildman–Crippen MR) is 71.0 cm³/mol. The maximum absolute atomic E-state index is 11.3. The molecule has 0 spiro atoms. The molecule has 4 nitrogen and oxygen atoms in total. The van der Waals surface area contributed by atoms with Gasteiger partial charge in [0.25, 0.3) is 0 Å². The summed E-state index contributed by atoms with van der Waals surface area (Å²) in [4.78, 5) is 11.3. The predicted octanol–water partition coefficient (Wildman–Crippen LogP) is 2.70. The summed E-state index contributed by atoms with van der Waals surface area (Å²) < 4.78 is 16.1. The van der Waals surface area contributed by atoms with Gasteiger partial charge in [-0.1, -0.05) is 12.1 Å². The second kappa shape index (κ2) is 7.14. The monoisotopic (exact) mass is 264 g/mol. The van der Waals surface area contributed by atoms with E-state index in [-0.39, 0.29) is 12.3 Å². The van der Waals surface area contributed by atoms with Gasteiger partial charge in [-0.05, 0) is 37.5 Å². The van der Waals surface area contributed by atoms with E-state index in [9.17, 15) is 4.79 Å². The van der Waals surface area contributed by atoms with Gasteiger partial charge in [-0.15, -0.1) is 0 Å². The van der Waals surface area contributed by atoms with E-state index in [1.807, 2.05) is 24.3 Å². The first kappa shape index (κ1) is 13.9. The molecule has 0 aromatic heterocycles. The second-order valence-corrected chi connectivity index (χ2v) is 4.54. The van der Waals surface area contributed by atoms with Crippen LogP contribution < -0.4 is 4.74 Å². The molecular formula is C15H20O4. The number of esters is 1. The van der Waals surface area contributed by atoms with E-state index < -0.39 is 0 Å². The molecule has 104 valence electrons. The Labute approximate surface area is 113 Å². The molecule has 1 saturated heterocycles. The molecular weight excluding hydrogens is 244 g/mol. The van der Waals surface area contributed by atoms with Crippen LogP contribution in [0.2, 0.25) is 0 Å². The van der Waals surface area contributed by atoms with E-state index in [2.05, 4.69) is 0 Å². The van der Waals surface area contributed by atoms with Crippen molar-refractivity contribution in [3.05, 3.63) is 29.8 Å². The lowest BCUT2D eigenvalue weighted by Crippen LogP contribution is -2.24. The number of hydrogen-bond acceptors (Lipinski definition) is 4. The van der Waals surface area contributed by atoms with Crippen LogP contribution >= 0.6 is 0 Å². The highest BCUT2D eigenvalue weighted by Crippen LogP contribution is 2.19. The normalized spacial score (nSPS) is 18.9. The smallest absolute Gasteiger partial charge is 0.310 e. The first-order valence-corrected chi connectivity index (χ1v) is 6.80. The Hall–Kier alpha value is -1.55. The summed E-state index contributed by atoms with van der Waals surface area (Å²) in [5, 5.41) is 0. The molecule has 1 fully saturated rings. The first-order valence-electron chi connectivity index (χ1n) is 6.80. The van der Waals surface area contributed by atoms with Crippen molar-refractivity contribution >= 4 is 5.97 Å². The molecule has 1 aliphatic heterocycles. The maximum atomic E-state index is 11.3. The molecule has 4 heteroatoms. The molecule has 1 aromatic carbocycles. The van der Waals surface area contributed by atoms with E-state index in [1.54, 1.807) is 6.92 Å². The molecule has 0 aliphatic carbocycles. The van der Waals surface area contributed by atoms with Gasteiger partial charge in [-0.25, -0.2) is 0 Å². The molecule has 0 radical (unpaired) electrons. The van der Waals surface area contributed by atoms with Gasteiger partial charge in [-0.2, -0.15) is 0 Å². The number of hydrogen-bond donors (Lipinski definition) is 0. The van der Waals surface area contributed by atoms with Crippen LogP contribution in [0.5, 0.6) is 5.75 Å². The number of carbonyl (C=O) groups excluding carboxylic acids is 1. The molecule has 0 amide bonds. The fourth-order valence-electron chi connectivity index (χ4n) is 2.02. The highest BCUT2D eigenvalue weighted by molar-refractivity contribution is 5.72. The molecule has 2 rings (SSSR count). The van der Waals surface area contributed by atoms with Crippen LogP contribution in [-0.4, -0.2) is 25.5 Å². The van der Waals surface area contributed by atoms with Gasteiger partial charge in [0.2, 0.25) is 0 Å². The quantitative estimate of drug-likeness (QED) is 0.767. The van der Waals surface area contributed by atoms with Gasteiger partial charge in [0.1, 0.15) is 5.75 Å². The van der Waals surface area contributed by atoms with Gasteiger partial charge >= 0.3 is 5.97 Å². The maximum Gasteiger partial charge on any atom is 0.310 e. The molecule has 1 aromatic rings. The van der Waals surface area contributed by atoms with Crippen molar-refractivity contribution in [3.8, 4) is 5.75 Å². The van der Waals surface area contributed by atoms with E-state index in [4.69, 9.17) is 14.2 Å². The minimum Gasteiger partial charge on any atom is -0.466 e. The molecule has 0 bridgehead atoms. The zero-order chi connectivity index (χ0) is 13.5. The largest absolute Gasteiger partial charge is 0.466 e. The summed E-state index contributed by atoms with van der Waals surface area (Å²) in [7, 11) is 0. The number of ether oxygens (including phenoxy) is 3. The van der Waals surface area contributed by atoms with Crippen LogP contribution in [0.4, 0.5) is 0 Å². The van der Waals surface area contributed by atoms with E-state index in [0.29, 0.717) is 13.0 Å². The third-order valence-electron chi connectivity index (χ3n) is 2.98. The van der Waals surface area contributed by atoms with E-state index in [1.165, 1.54) is 0 Å². The summed E-state index contributed by atoms with van der Waals surface area (Å²) in [6, 6.07) is 7.50. The number of carbonyl (C=O) groups is 1.